The minimum absolute atomic E-state index is 0.414. The highest BCUT2D eigenvalue weighted by Gasteiger charge is 1.98. The van der Waals surface area contributed by atoms with Crippen LogP contribution in [0.2, 0.25) is 0 Å². The molecule has 0 bridgehead atoms. The predicted octanol–water partition coefficient (Wildman–Crippen LogP) is 1.90. The van der Waals surface area contributed by atoms with Crippen LogP contribution in [0.1, 0.15) is 18.2 Å². The first-order chi connectivity index (χ1) is 7.38. The highest BCUT2D eigenvalue weighted by atomic mass is 32.1. The van der Waals surface area contributed by atoms with E-state index in [1.54, 1.807) is 22.3 Å². The number of aromatic nitrogens is 4. The van der Waals surface area contributed by atoms with Crippen molar-refractivity contribution in [2.24, 2.45) is 4.99 Å². The Bertz CT molecular complexity index is 431. The average molecular weight is 221 g/mol. The molecule has 0 radical (unpaired) electrons. The first-order valence-electron chi connectivity index (χ1n) is 4.74. The topological polar surface area (TPSA) is 56.0 Å². The number of hydrogen-bond donors (Lipinski definition) is 0. The normalized spacial score (nSPS) is 11.3. The lowest BCUT2D eigenvalue weighted by molar-refractivity contribution is 0.515. The van der Waals surface area contributed by atoms with Crippen LogP contribution in [0.5, 0.6) is 0 Å². The molecule has 2 rings (SSSR count). The Morgan fingerprint density at radius 3 is 3.27 bits per heavy atom. The Labute approximate surface area is 91.5 Å². The second-order valence-corrected chi connectivity index (χ2v) is 3.94. The van der Waals surface area contributed by atoms with E-state index in [9.17, 15) is 0 Å². The van der Waals surface area contributed by atoms with Crippen LogP contribution in [0.3, 0.4) is 0 Å². The lowest BCUT2D eigenvalue weighted by atomic mass is 10.5. The van der Waals surface area contributed by atoms with Crippen LogP contribution in [0.25, 0.3) is 0 Å². The zero-order valence-corrected chi connectivity index (χ0v) is 9.18. The van der Waals surface area contributed by atoms with Gasteiger partial charge in [-0.2, -0.15) is 4.80 Å². The molecule has 5 nitrogen and oxygen atoms in total. The van der Waals surface area contributed by atoms with Crippen molar-refractivity contribution < 1.29 is 0 Å². The van der Waals surface area contributed by atoms with E-state index in [0.29, 0.717) is 5.95 Å². The smallest absolute Gasteiger partial charge is 0.216 e. The quantitative estimate of drug-likeness (QED) is 0.741. The summed E-state index contributed by atoms with van der Waals surface area (Å²) in [7, 11) is 0. The second kappa shape index (κ2) is 4.79. The predicted molar refractivity (Wildman–Crippen MR) is 59.7 cm³/mol. The Morgan fingerprint density at radius 1 is 1.60 bits per heavy atom. The van der Waals surface area contributed by atoms with E-state index in [2.05, 4.69) is 27.3 Å². The van der Waals surface area contributed by atoms with Gasteiger partial charge in [-0.05, 0) is 23.1 Å². The molecule has 0 aliphatic heterocycles. The molecular weight excluding hydrogens is 210 g/mol. The van der Waals surface area contributed by atoms with Crippen molar-refractivity contribution in [2.45, 2.75) is 19.9 Å². The molecule has 2 heterocycles. The van der Waals surface area contributed by atoms with Crippen molar-refractivity contribution in [2.75, 3.05) is 0 Å². The van der Waals surface area contributed by atoms with Crippen LogP contribution >= 0.6 is 11.3 Å². The first kappa shape index (κ1) is 9.97. The van der Waals surface area contributed by atoms with Crippen LogP contribution in [0, 0.1) is 0 Å². The van der Waals surface area contributed by atoms with Gasteiger partial charge in [0.15, 0.2) is 0 Å². The Morgan fingerprint density at radius 2 is 2.53 bits per heavy atom. The molecule has 0 saturated carbocycles. The molecule has 2 aromatic rings. The molecule has 0 fully saturated rings. The average Bonchev–Trinajstić information content (AvgIpc) is 2.85. The van der Waals surface area contributed by atoms with E-state index in [4.69, 9.17) is 0 Å². The molecule has 0 aromatic carbocycles. The van der Waals surface area contributed by atoms with Gasteiger partial charge in [-0.3, -0.25) is 0 Å². The molecule has 15 heavy (non-hydrogen) atoms. The third-order valence-corrected chi connectivity index (χ3v) is 2.52. The largest absolute Gasteiger partial charge is 0.289 e. The molecule has 0 spiro atoms. The van der Waals surface area contributed by atoms with Crippen molar-refractivity contribution in [3.63, 3.8) is 0 Å². The number of tetrazole rings is 1. The van der Waals surface area contributed by atoms with Crippen molar-refractivity contribution in [1.82, 2.24) is 20.2 Å². The summed E-state index contributed by atoms with van der Waals surface area (Å²) < 4.78 is 0. The fraction of sp³-hybridized carbons (Fsp3) is 0.333. The van der Waals surface area contributed by atoms with Crippen LogP contribution in [0.4, 0.5) is 5.95 Å². The highest BCUT2D eigenvalue weighted by molar-refractivity contribution is 7.11. The minimum Gasteiger partial charge on any atom is -0.216 e. The second-order valence-electron chi connectivity index (χ2n) is 2.96. The number of thiophene rings is 1. The van der Waals surface area contributed by atoms with Crippen LogP contribution in [-0.4, -0.2) is 26.4 Å². The molecule has 0 aliphatic carbocycles. The van der Waals surface area contributed by atoms with Gasteiger partial charge in [-0.25, -0.2) is 4.99 Å². The van der Waals surface area contributed by atoms with Gasteiger partial charge < -0.3 is 0 Å². The van der Waals surface area contributed by atoms with Gasteiger partial charge in [0.05, 0.1) is 6.54 Å². The number of hydrogen-bond acceptors (Lipinski definition) is 5. The van der Waals surface area contributed by atoms with Crippen molar-refractivity contribution in [1.29, 1.82) is 0 Å². The molecule has 2 aromatic heterocycles. The molecule has 0 amide bonds. The third-order valence-electron chi connectivity index (χ3n) is 1.72. The fourth-order valence-electron chi connectivity index (χ4n) is 1.07. The zero-order valence-electron chi connectivity index (χ0n) is 8.37. The van der Waals surface area contributed by atoms with Gasteiger partial charge in [0.25, 0.3) is 5.95 Å². The summed E-state index contributed by atoms with van der Waals surface area (Å²) >= 11 is 1.63. The monoisotopic (exact) mass is 221 g/mol. The van der Waals surface area contributed by atoms with Crippen molar-refractivity contribution in [3.05, 3.63) is 22.4 Å². The summed E-state index contributed by atoms with van der Waals surface area (Å²) in [4.78, 5) is 6.77. The maximum absolute atomic E-state index is 4.13. The van der Waals surface area contributed by atoms with Crippen molar-refractivity contribution in [3.8, 4) is 0 Å². The van der Waals surface area contributed by atoms with Gasteiger partial charge in [-0.15, -0.1) is 16.4 Å². The van der Waals surface area contributed by atoms with E-state index >= 15 is 0 Å². The molecule has 0 N–H and O–H groups in total. The lowest BCUT2D eigenvalue weighted by Crippen LogP contribution is -2.00. The highest BCUT2D eigenvalue weighted by Crippen LogP contribution is 2.07. The van der Waals surface area contributed by atoms with E-state index < -0.39 is 0 Å². The number of nitrogens with zero attached hydrogens (tertiary/aromatic N) is 5. The summed E-state index contributed by atoms with van der Waals surface area (Å²) in [5.74, 6) is 0.414. The molecule has 0 atom stereocenters. The van der Waals surface area contributed by atoms with E-state index in [-0.39, 0.29) is 0 Å². The number of aryl methyl sites for hydroxylation is 1. The first-order valence-corrected chi connectivity index (χ1v) is 5.62. The molecule has 0 aliphatic rings. The Kier molecular flexibility index (Phi) is 3.18. The van der Waals surface area contributed by atoms with Crippen LogP contribution < -0.4 is 0 Å². The summed E-state index contributed by atoms with van der Waals surface area (Å²) in [6.45, 7) is 2.85. The number of rotatable bonds is 4. The minimum atomic E-state index is 0.414. The molecule has 78 valence electrons. The van der Waals surface area contributed by atoms with E-state index in [0.717, 1.165) is 17.8 Å². The maximum atomic E-state index is 4.13. The van der Waals surface area contributed by atoms with E-state index in [1.165, 1.54) is 0 Å². The summed E-state index contributed by atoms with van der Waals surface area (Å²) in [5, 5.41) is 13.8. The standard InChI is InChI=1S/C9H11N5S/c1-2-5-14-12-9(11-13-14)10-7-8-4-3-6-15-8/h3-4,6-7H,2,5H2,1H3/b10-7+. The van der Waals surface area contributed by atoms with Gasteiger partial charge in [0.2, 0.25) is 0 Å². The fourth-order valence-corrected chi connectivity index (χ4v) is 1.65. The van der Waals surface area contributed by atoms with E-state index in [1.807, 2.05) is 17.5 Å². The molecule has 0 unspecified atom stereocenters. The van der Waals surface area contributed by atoms with Gasteiger partial charge >= 0.3 is 0 Å². The maximum Gasteiger partial charge on any atom is 0.289 e. The van der Waals surface area contributed by atoms with Gasteiger partial charge in [0, 0.05) is 11.1 Å². The van der Waals surface area contributed by atoms with Gasteiger partial charge in [0.1, 0.15) is 0 Å². The Hall–Kier alpha value is -1.56. The Balaban J connectivity index is 2.04. The van der Waals surface area contributed by atoms with Crippen LogP contribution in [0.15, 0.2) is 22.5 Å². The third kappa shape index (κ3) is 2.69. The molecule has 0 saturated heterocycles. The molecular formula is C9H11N5S. The van der Waals surface area contributed by atoms with Crippen molar-refractivity contribution >= 4 is 23.5 Å². The summed E-state index contributed by atoms with van der Waals surface area (Å²) in [5.41, 5.74) is 0. The number of aliphatic imine (C=N–C) groups is 1. The SMILES string of the molecule is CCCn1nnc(/N=C/c2cccs2)n1. The zero-order chi connectivity index (χ0) is 10.5. The summed E-state index contributed by atoms with van der Waals surface area (Å²) in [6.07, 6.45) is 2.74. The molecule has 6 heteroatoms. The van der Waals surface area contributed by atoms with Gasteiger partial charge in [-0.1, -0.05) is 18.1 Å². The summed E-state index contributed by atoms with van der Waals surface area (Å²) in [6, 6.07) is 3.97. The van der Waals surface area contributed by atoms with Crippen LogP contribution in [-0.2, 0) is 6.54 Å². The lowest BCUT2D eigenvalue weighted by Gasteiger charge is -1.89.